The van der Waals surface area contributed by atoms with Crippen LogP contribution in [0.1, 0.15) is 18.5 Å². The molecule has 0 fully saturated rings. The van der Waals surface area contributed by atoms with Crippen molar-refractivity contribution >= 4 is 44.2 Å². The number of benzene rings is 2. The number of hydrogen-bond acceptors (Lipinski definition) is 1. The minimum atomic E-state index is -0.280. The maximum absolute atomic E-state index is 13.8. The Morgan fingerprint density at radius 2 is 1.89 bits per heavy atom. The zero-order valence-corrected chi connectivity index (χ0v) is 13.8. The van der Waals surface area contributed by atoms with E-state index in [2.05, 4.69) is 21.2 Å². The quantitative estimate of drug-likeness (QED) is 0.624. The Balaban J connectivity index is 2.23. The molecule has 0 aromatic heterocycles. The minimum absolute atomic E-state index is 0.202. The molecule has 1 nitrogen and oxygen atoms in total. The van der Waals surface area contributed by atoms with Crippen molar-refractivity contribution in [1.82, 2.24) is 0 Å². The molecule has 0 amide bonds. The smallest absolute Gasteiger partial charge is 0.129 e. The van der Waals surface area contributed by atoms with E-state index in [9.17, 15) is 8.78 Å². The summed E-state index contributed by atoms with van der Waals surface area (Å²) in [6, 6.07) is 9.24. The van der Waals surface area contributed by atoms with Crippen LogP contribution < -0.4 is 5.32 Å². The normalized spacial score (nSPS) is 12.3. The second-order valence-corrected chi connectivity index (χ2v) is 6.23. The zero-order chi connectivity index (χ0) is 14.0. The molecule has 1 atom stereocenters. The van der Waals surface area contributed by atoms with Crippen LogP contribution in [0.5, 0.6) is 0 Å². The average molecular weight is 438 g/mol. The van der Waals surface area contributed by atoms with Gasteiger partial charge in [-0.3, -0.25) is 0 Å². The fraction of sp³-hybridized carbons (Fsp3) is 0.143. The summed E-state index contributed by atoms with van der Waals surface area (Å²) in [6.07, 6.45) is 0. The maximum atomic E-state index is 13.8. The summed E-state index contributed by atoms with van der Waals surface area (Å²) in [6.45, 7) is 1.87. The van der Waals surface area contributed by atoms with Crippen LogP contribution in [0.4, 0.5) is 14.5 Å². The fourth-order valence-corrected chi connectivity index (χ4v) is 2.74. The van der Waals surface area contributed by atoms with Crippen molar-refractivity contribution in [2.75, 3.05) is 5.32 Å². The van der Waals surface area contributed by atoms with Crippen molar-refractivity contribution in [3.63, 3.8) is 0 Å². The van der Waals surface area contributed by atoms with Crippen molar-refractivity contribution in [3.05, 3.63) is 61.6 Å². The van der Waals surface area contributed by atoms with Crippen molar-refractivity contribution in [1.29, 1.82) is 0 Å². The lowest BCUT2D eigenvalue weighted by molar-refractivity contribution is 0.599. The number of halogens is 4. The highest BCUT2D eigenvalue weighted by atomic mass is 127. The SMILES string of the molecule is CC(Nc1ccc(F)cc1I)c1ccc(Br)cc1F. The number of anilines is 1. The molecule has 1 unspecified atom stereocenters. The summed E-state index contributed by atoms with van der Waals surface area (Å²) in [4.78, 5) is 0. The van der Waals surface area contributed by atoms with Gasteiger partial charge in [-0.1, -0.05) is 22.0 Å². The van der Waals surface area contributed by atoms with Gasteiger partial charge in [-0.25, -0.2) is 8.78 Å². The molecule has 19 heavy (non-hydrogen) atoms. The highest BCUT2D eigenvalue weighted by molar-refractivity contribution is 14.1. The van der Waals surface area contributed by atoms with Crippen LogP contribution in [-0.4, -0.2) is 0 Å². The molecule has 0 radical (unpaired) electrons. The fourth-order valence-electron chi connectivity index (χ4n) is 1.77. The molecule has 0 aliphatic carbocycles. The molecule has 1 N–H and O–H groups in total. The van der Waals surface area contributed by atoms with Crippen LogP contribution >= 0.6 is 38.5 Å². The van der Waals surface area contributed by atoms with E-state index in [1.165, 1.54) is 18.2 Å². The van der Waals surface area contributed by atoms with E-state index in [-0.39, 0.29) is 17.7 Å². The van der Waals surface area contributed by atoms with Crippen LogP contribution in [-0.2, 0) is 0 Å². The lowest BCUT2D eigenvalue weighted by Crippen LogP contribution is -2.09. The standard InChI is InChI=1S/C14H11BrF2IN/c1-8(11-4-2-9(15)6-12(11)17)19-14-5-3-10(16)7-13(14)18/h2-8,19H,1H3. The van der Waals surface area contributed by atoms with Gasteiger partial charge in [0.15, 0.2) is 0 Å². The van der Waals surface area contributed by atoms with Gasteiger partial charge in [0.1, 0.15) is 11.6 Å². The molecule has 2 aromatic carbocycles. The van der Waals surface area contributed by atoms with Gasteiger partial charge in [0, 0.05) is 19.3 Å². The summed E-state index contributed by atoms with van der Waals surface area (Å²) < 4.78 is 28.3. The third-order valence-corrected chi connectivity index (χ3v) is 4.12. The van der Waals surface area contributed by atoms with E-state index in [0.717, 1.165) is 9.26 Å². The van der Waals surface area contributed by atoms with Crippen molar-refractivity contribution in [2.45, 2.75) is 13.0 Å². The Kier molecular flexibility index (Phi) is 4.78. The monoisotopic (exact) mass is 437 g/mol. The highest BCUT2D eigenvalue weighted by Gasteiger charge is 2.12. The van der Waals surface area contributed by atoms with Crippen LogP contribution in [0.15, 0.2) is 40.9 Å². The summed E-state index contributed by atoms with van der Waals surface area (Å²) >= 11 is 5.28. The van der Waals surface area contributed by atoms with Gasteiger partial charge in [-0.05, 0) is 59.8 Å². The van der Waals surface area contributed by atoms with Gasteiger partial charge in [0.25, 0.3) is 0 Å². The number of rotatable bonds is 3. The first-order valence-electron chi connectivity index (χ1n) is 5.64. The van der Waals surface area contributed by atoms with Gasteiger partial charge in [-0.2, -0.15) is 0 Å². The molecule has 0 heterocycles. The first-order valence-corrected chi connectivity index (χ1v) is 7.51. The van der Waals surface area contributed by atoms with Gasteiger partial charge >= 0.3 is 0 Å². The van der Waals surface area contributed by atoms with Crippen LogP contribution in [0.25, 0.3) is 0 Å². The van der Waals surface area contributed by atoms with Crippen molar-refractivity contribution in [2.24, 2.45) is 0 Å². The predicted octanol–water partition coefficient (Wildman–Crippen LogP) is 5.51. The molecule has 2 rings (SSSR count). The Hall–Kier alpha value is -0.690. The van der Waals surface area contributed by atoms with E-state index < -0.39 is 0 Å². The highest BCUT2D eigenvalue weighted by Crippen LogP contribution is 2.27. The van der Waals surface area contributed by atoms with E-state index in [4.69, 9.17) is 0 Å². The molecule has 0 aliphatic rings. The molecule has 0 saturated carbocycles. The molecular weight excluding hydrogens is 427 g/mol. The van der Waals surface area contributed by atoms with Gasteiger partial charge in [0.05, 0.1) is 6.04 Å². The van der Waals surface area contributed by atoms with E-state index in [1.54, 1.807) is 18.2 Å². The molecular formula is C14H11BrF2IN. The average Bonchev–Trinajstić information content (AvgIpc) is 2.32. The number of nitrogens with one attached hydrogen (secondary N) is 1. The van der Waals surface area contributed by atoms with Crippen LogP contribution in [0.2, 0.25) is 0 Å². The predicted molar refractivity (Wildman–Crippen MR) is 85.3 cm³/mol. The van der Waals surface area contributed by atoms with Gasteiger partial charge < -0.3 is 5.32 Å². The first-order chi connectivity index (χ1) is 8.97. The van der Waals surface area contributed by atoms with E-state index >= 15 is 0 Å². The lowest BCUT2D eigenvalue weighted by atomic mass is 10.1. The van der Waals surface area contributed by atoms with Crippen molar-refractivity contribution < 1.29 is 8.78 Å². The maximum Gasteiger partial charge on any atom is 0.129 e. The Labute approximate surface area is 132 Å². The van der Waals surface area contributed by atoms with E-state index in [1.807, 2.05) is 29.5 Å². The summed E-state index contributed by atoms with van der Waals surface area (Å²) in [5, 5.41) is 3.18. The van der Waals surface area contributed by atoms with Gasteiger partial charge in [0.2, 0.25) is 0 Å². The zero-order valence-electron chi connectivity index (χ0n) is 10.1. The third kappa shape index (κ3) is 3.66. The molecule has 0 spiro atoms. The molecule has 0 aliphatic heterocycles. The van der Waals surface area contributed by atoms with Gasteiger partial charge in [-0.15, -0.1) is 0 Å². The topological polar surface area (TPSA) is 12.0 Å². The molecule has 0 bridgehead atoms. The second-order valence-electron chi connectivity index (χ2n) is 4.16. The van der Waals surface area contributed by atoms with E-state index in [0.29, 0.717) is 10.0 Å². The second kappa shape index (κ2) is 6.17. The summed E-state index contributed by atoms with van der Waals surface area (Å²) in [5.41, 5.74) is 1.36. The summed E-state index contributed by atoms with van der Waals surface area (Å²) in [5.74, 6) is -0.552. The molecule has 2 aromatic rings. The Bertz CT molecular complexity index is 604. The third-order valence-electron chi connectivity index (χ3n) is 2.73. The van der Waals surface area contributed by atoms with Crippen molar-refractivity contribution in [3.8, 4) is 0 Å². The minimum Gasteiger partial charge on any atom is -0.378 e. The largest absolute Gasteiger partial charge is 0.378 e. The summed E-state index contributed by atoms with van der Waals surface area (Å²) in [7, 11) is 0. The van der Waals surface area contributed by atoms with Crippen LogP contribution in [0.3, 0.4) is 0 Å². The molecule has 100 valence electrons. The molecule has 0 saturated heterocycles. The first kappa shape index (κ1) is 14.7. The van der Waals surface area contributed by atoms with Crippen LogP contribution in [0, 0.1) is 15.2 Å². The Morgan fingerprint density at radius 3 is 2.53 bits per heavy atom. The Morgan fingerprint density at radius 1 is 1.16 bits per heavy atom. The molecule has 5 heteroatoms. The number of hydrogen-bond donors (Lipinski definition) is 1. The lowest BCUT2D eigenvalue weighted by Gasteiger charge is -2.17.